The van der Waals surface area contributed by atoms with Gasteiger partial charge in [-0.25, -0.2) is 0 Å². The summed E-state index contributed by atoms with van der Waals surface area (Å²) >= 11 is 0. The summed E-state index contributed by atoms with van der Waals surface area (Å²) in [7, 11) is -0.717. The van der Waals surface area contributed by atoms with Crippen LogP contribution in [0.25, 0.3) is 0 Å². The predicted molar refractivity (Wildman–Crippen MR) is 87.9 cm³/mol. The Morgan fingerprint density at radius 3 is 2.55 bits per heavy atom. The normalized spacial score (nSPS) is 31.3. The minimum atomic E-state index is -2.08. The van der Waals surface area contributed by atoms with E-state index in [4.69, 9.17) is 9.16 Å². The molecule has 2 aliphatic rings. The lowest BCUT2D eigenvalue weighted by Crippen LogP contribution is -2.54. The van der Waals surface area contributed by atoms with Gasteiger partial charge in [0.15, 0.2) is 14.1 Å². The van der Waals surface area contributed by atoms with Crippen molar-refractivity contribution in [1.29, 1.82) is 0 Å². The number of allylic oxidation sites excluding steroid dienone is 2. The molecule has 0 aliphatic heterocycles. The van der Waals surface area contributed by atoms with Crippen LogP contribution in [0.1, 0.15) is 27.2 Å². The molecule has 3 atom stereocenters. The number of esters is 1. The fourth-order valence-corrected chi connectivity index (χ4v) is 4.19. The maximum absolute atomic E-state index is 12.5. The van der Waals surface area contributed by atoms with Crippen molar-refractivity contribution >= 4 is 20.1 Å². The van der Waals surface area contributed by atoms with Gasteiger partial charge in [0, 0.05) is 5.92 Å². The number of ketones is 1. The minimum Gasteiger partial charge on any atom is -0.468 e. The second kappa shape index (κ2) is 5.46. The van der Waals surface area contributed by atoms with Gasteiger partial charge in [-0.15, -0.1) is 0 Å². The fourth-order valence-electron chi connectivity index (χ4n) is 2.92. The first-order valence-electron chi connectivity index (χ1n) is 7.72. The Morgan fingerprint density at radius 1 is 1.36 bits per heavy atom. The number of carbonyl (C=O) groups is 2. The lowest BCUT2D eigenvalue weighted by molar-refractivity contribution is -0.159. The number of carbonyl (C=O) groups excluding carboxylic acids is 2. The molecular formula is C17H26O4Si. The van der Waals surface area contributed by atoms with E-state index in [0.717, 1.165) is 0 Å². The van der Waals surface area contributed by atoms with E-state index in [9.17, 15) is 9.59 Å². The highest BCUT2D eigenvalue weighted by Crippen LogP contribution is 2.49. The largest absolute Gasteiger partial charge is 0.468 e. The van der Waals surface area contributed by atoms with Crippen molar-refractivity contribution in [1.82, 2.24) is 0 Å². The molecule has 0 unspecified atom stereocenters. The second-order valence-electron chi connectivity index (χ2n) is 7.68. The molecule has 0 radical (unpaired) electrons. The van der Waals surface area contributed by atoms with Gasteiger partial charge in [-0.2, -0.15) is 0 Å². The summed E-state index contributed by atoms with van der Waals surface area (Å²) < 4.78 is 11.5. The monoisotopic (exact) mass is 322 g/mol. The van der Waals surface area contributed by atoms with Gasteiger partial charge >= 0.3 is 5.97 Å². The summed E-state index contributed by atoms with van der Waals surface area (Å²) in [6, 6.07) is 0. The molecule has 2 rings (SSSR count). The van der Waals surface area contributed by atoms with Crippen LogP contribution in [0.3, 0.4) is 0 Å². The van der Waals surface area contributed by atoms with E-state index >= 15 is 0 Å². The lowest BCUT2D eigenvalue weighted by Gasteiger charge is -2.45. The van der Waals surface area contributed by atoms with Gasteiger partial charge in [0.25, 0.3) is 0 Å². The Labute approximate surface area is 133 Å². The Bertz CT molecular complexity index is 541. The van der Waals surface area contributed by atoms with Gasteiger partial charge in [-0.3, -0.25) is 9.59 Å². The van der Waals surface area contributed by atoms with Gasteiger partial charge in [0.1, 0.15) is 5.41 Å². The van der Waals surface area contributed by atoms with Crippen LogP contribution >= 0.6 is 0 Å². The van der Waals surface area contributed by atoms with E-state index in [1.165, 1.54) is 13.2 Å². The molecule has 0 spiro atoms. The van der Waals surface area contributed by atoms with Crippen LogP contribution in [-0.4, -0.2) is 33.3 Å². The van der Waals surface area contributed by atoms with Crippen molar-refractivity contribution in [2.75, 3.05) is 7.11 Å². The SMILES string of the molecule is COC(=O)[C@]12C=CC(=O)[C@H]1CC=C[C@H]2O[Si](C)(C)C(C)(C)C. The summed E-state index contributed by atoms with van der Waals surface area (Å²) in [6.45, 7) is 10.8. The van der Waals surface area contributed by atoms with E-state index in [-0.39, 0.29) is 16.8 Å². The van der Waals surface area contributed by atoms with Crippen molar-refractivity contribution in [2.45, 2.75) is 51.4 Å². The molecule has 122 valence electrons. The average molecular weight is 322 g/mol. The van der Waals surface area contributed by atoms with E-state index in [1.807, 2.05) is 12.2 Å². The van der Waals surface area contributed by atoms with E-state index in [0.29, 0.717) is 6.42 Å². The predicted octanol–water partition coefficient (Wildman–Crippen LogP) is 3.25. The van der Waals surface area contributed by atoms with Gasteiger partial charge in [-0.1, -0.05) is 39.0 Å². The van der Waals surface area contributed by atoms with Crippen LogP contribution in [0.4, 0.5) is 0 Å². The Morgan fingerprint density at radius 2 is 2.00 bits per heavy atom. The van der Waals surface area contributed by atoms with Crippen LogP contribution in [0.2, 0.25) is 18.1 Å². The van der Waals surface area contributed by atoms with Crippen LogP contribution in [0.5, 0.6) is 0 Å². The molecule has 2 aliphatic carbocycles. The zero-order valence-electron chi connectivity index (χ0n) is 14.3. The van der Waals surface area contributed by atoms with Crippen LogP contribution in [0, 0.1) is 11.3 Å². The number of methoxy groups -OCH3 is 1. The first kappa shape index (κ1) is 17.2. The summed E-state index contributed by atoms with van der Waals surface area (Å²) in [5.74, 6) is -0.800. The van der Waals surface area contributed by atoms with E-state index < -0.39 is 25.8 Å². The zero-order valence-corrected chi connectivity index (χ0v) is 15.3. The number of rotatable bonds is 3. The third kappa shape index (κ3) is 2.50. The van der Waals surface area contributed by atoms with Crippen molar-refractivity contribution in [2.24, 2.45) is 11.3 Å². The summed E-state index contributed by atoms with van der Waals surface area (Å²) in [5.41, 5.74) is -1.00. The third-order valence-corrected chi connectivity index (χ3v) is 9.82. The maximum atomic E-state index is 12.5. The number of ether oxygens (including phenoxy) is 1. The van der Waals surface area contributed by atoms with Crippen molar-refractivity contribution in [3.05, 3.63) is 24.3 Å². The van der Waals surface area contributed by atoms with Crippen LogP contribution < -0.4 is 0 Å². The first-order chi connectivity index (χ1) is 10.1. The van der Waals surface area contributed by atoms with E-state index in [2.05, 4.69) is 33.9 Å². The third-order valence-electron chi connectivity index (χ3n) is 5.36. The first-order valence-corrected chi connectivity index (χ1v) is 10.6. The van der Waals surface area contributed by atoms with Crippen LogP contribution in [-0.2, 0) is 18.8 Å². The maximum Gasteiger partial charge on any atom is 0.319 e. The standard InChI is InChI=1S/C17H26O4Si/c1-16(2,3)22(5,6)21-14-9-7-8-12-13(18)10-11-17(12,14)15(19)20-4/h7,9-12,14H,8H2,1-6H3/t12-,14-,17-/m1/s1. The summed E-state index contributed by atoms with van der Waals surface area (Å²) in [4.78, 5) is 24.7. The molecule has 0 saturated carbocycles. The van der Waals surface area contributed by atoms with Crippen LogP contribution in [0.15, 0.2) is 24.3 Å². The number of fused-ring (bicyclic) bond motifs is 1. The van der Waals surface area contributed by atoms with Gasteiger partial charge in [0.2, 0.25) is 0 Å². The molecule has 0 amide bonds. The molecule has 22 heavy (non-hydrogen) atoms. The Hall–Kier alpha value is -1.20. The molecule has 0 aromatic rings. The minimum absolute atomic E-state index is 0.0152. The highest BCUT2D eigenvalue weighted by molar-refractivity contribution is 6.74. The molecule has 0 N–H and O–H groups in total. The Kier molecular flexibility index (Phi) is 4.26. The summed E-state index contributed by atoms with van der Waals surface area (Å²) in [5, 5.41) is 0.0252. The molecule has 0 aromatic carbocycles. The summed E-state index contributed by atoms with van der Waals surface area (Å²) in [6.07, 6.45) is 7.20. The molecular weight excluding hydrogens is 296 g/mol. The molecule has 0 aromatic heterocycles. The molecule has 0 heterocycles. The van der Waals surface area contributed by atoms with E-state index in [1.54, 1.807) is 6.08 Å². The van der Waals surface area contributed by atoms with Crippen molar-refractivity contribution in [3.63, 3.8) is 0 Å². The molecule has 0 bridgehead atoms. The number of hydrogen-bond acceptors (Lipinski definition) is 4. The van der Waals surface area contributed by atoms with Gasteiger partial charge < -0.3 is 9.16 Å². The molecule has 0 saturated heterocycles. The second-order valence-corrected chi connectivity index (χ2v) is 12.4. The quantitative estimate of drug-likeness (QED) is 0.455. The fraction of sp³-hybridized carbons (Fsp3) is 0.647. The highest BCUT2D eigenvalue weighted by Gasteiger charge is 2.58. The lowest BCUT2D eigenvalue weighted by atomic mass is 9.69. The smallest absolute Gasteiger partial charge is 0.319 e. The van der Waals surface area contributed by atoms with Crippen molar-refractivity contribution < 1.29 is 18.8 Å². The number of hydrogen-bond donors (Lipinski definition) is 0. The van der Waals surface area contributed by atoms with Crippen molar-refractivity contribution in [3.8, 4) is 0 Å². The molecule has 5 heteroatoms. The molecule has 0 fully saturated rings. The van der Waals surface area contributed by atoms with Gasteiger partial charge in [-0.05, 0) is 30.6 Å². The van der Waals surface area contributed by atoms with Gasteiger partial charge in [0.05, 0.1) is 13.2 Å². The topological polar surface area (TPSA) is 52.6 Å². The highest BCUT2D eigenvalue weighted by atomic mass is 28.4. The average Bonchev–Trinajstić information content (AvgIpc) is 2.76. The molecule has 4 nitrogen and oxygen atoms in total. The Balaban J connectivity index is 2.43. The zero-order chi connectivity index (χ0) is 16.8.